The molecule has 0 spiro atoms. The molecule has 1 aromatic carbocycles. The van der Waals surface area contributed by atoms with Crippen molar-refractivity contribution in [3.05, 3.63) is 73.3 Å². The van der Waals surface area contributed by atoms with Crippen LogP contribution in [0.3, 0.4) is 0 Å². The van der Waals surface area contributed by atoms with E-state index in [4.69, 9.17) is 4.74 Å². The third kappa shape index (κ3) is 4.20. The van der Waals surface area contributed by atoms with E-state index >= 15 is 0 Å². The van der Waals surface area contributed by atoms with Crippen LogP contribution in [0.4, 0.5) is 0 Å². The summed E-state index contributed by atoms with van der Waals surface area (Å²) in [4.78, 5) is 14.2. The van der Waals surface area contributed by atoms with E-state index in [1.807, 2.05) is 51.1 Å². The number of rotatable bonds is 5. The first-order valence-corrected chi connectivity index (χ1v) is 12.4. The average molecular weight is 509 g/mol. The molecule has 0 saturated heterocycles. The van der Waals surface area contributed by atoms with Crippen LogP contribution < -0.4 is 0 Å². The standard InChI is InChI=1S/C26H25BrN2O2S/c1-4-31-26(30)24-22-7-5-6-8-23(22)32-25(24)29-16(2)13-19(17(29)3)14-20(15-28)18-9-11-21(27)12-10-18/h9-14H,4-8H2,1-3H3/b20-14+. The van der Waals surface area contributed by atoms with Crippen molar-refractivity contribution in [2.45, 2.75) is 46.5 Å². The first-order chi connectivity index (χ1) is 15.4. The summed E-state index contributed by atoms with van der Waals surface area (Å²) in [5.41, 5.74) is 6.38. The molecule has 0 unspecified atom stereocenters. The number of nitrogens with zero attached hydrogens (tertiary/aromatic N) is 2. The fourth-order valence-corrected chi connectivity index (χ4v) is 6.09. The van der Waals surface area contributed by atoms with Gasteiger partial charge in [0.1, 0.15) is 5.00 Å². The number of esters is 1. The summed E-state index contributed by atoms with van der Waals surface area (Å²) in [6.07, 6.45) is 6.13. The van der Waals surface area contributed by atoms with E-state index in [9.17, 15) is 10.1 Å². The van der Waals surface area contributed by atoms with E-state index in [0.29, 0.717) is 12.2 Å². The molecule has 0 saturated carbocycles. The quantitative estimate of drug-likeness (QED) is 0.274. The summed E-state index contributed by atoms with van der Waals surface area (Å²) >= 11 is 5.15. The third-order valence-corrected chi connectivity index (χ3v) is 7.69. The maximum Gasteiger partial charge on any atom is 0.341 e. The molecular weight excluding hydrogens is 484 g/mol. The number of nitriles is 1. The molecule has 1 aliphatic rings. The average Bonchev–Trinajstić information content (AvgIpc) is 3.29. The smallest absolute Gasteiger partial charge is 0.341 e. The van der Waals surface area contributed by atoms with Gasteiger partial charge in [0.15, 0.2) is 0 Å². The molecule has 4 rings (SSSR count). The molecule has 0 amide bonds. The summed E-state index contributed by atoms with van der Waals surface area (Å²) in [5.74, 6) is -0.237. The molecule has 0 fully saturated rings. The highest BCUT2D eigenvalue weighted by molar-refractivity contribution is 9.10. The van der Waals surface area contributed by atoms with E-state index in [2.05, 4.69) is 32.6 Å². The third-order valence-electron chi connectivity index (χ3n) is 5.88. The van der Waals surface area contributed by atoms with Gasteiger partial charge in [-0.05, 0) is 87.4 Å². The van der Waals surface area contributed by atoms with Gasteiger partial charge >= 0.3 is 5.97 Å². The van der Waals surface area contributed by atoms with E-state index in [1.165, 1.54) is 4.88 Å². The van der Waals surface area contributed by atoms with Crippen LogP contribution >= 0.6 is 27.3 Å². The number of thiophene rings is 1. The van der Waals surface area contributed by atoms with E-state index in [0.717, 1.165) is 68.8 Å². The maximum atomic E-state index is 13.0. The van der Waals surface area contributed by atoms with Crippen molar-refractivity contribution in [1.82, 2.24) is 4.57 Å². The van der Waals surface area contributed by atoms with Crippen molar-refractivity contribution >= 4 is 44.9 Å². The molecule has 2 heterocycles. The minimum atomic E-state index is -0.237. The largest absolute Gasteiger partial charge is 0.462 e. The molecular formula is C26H25BrN2O2S. The molecule has 6 heteroatoms. The SMILES string of the molecule is CCOC(=O)c1c(-n2c(C)cc(/C=C(\C#N)c3ccc(Br)cc3)c2C)sc2c1CCCC2. The topological polar surface area (TPSA) is 55.0 Å². The zero-order valence-corrected chi connectivity index (χ0v) is 20.9. The van der Waals surface area contributed by atoms with E-state index in [-0.39, 0.29) is 5.97 Å². The van der Waals surface area contributed by atoms with Gasteiger partial charge in [-0.1, -0.05) is 28.1 Å². The number of ether oxygens (including phenoxy) is 1. The second-order valence-electron chi connectivity index (χ2n) is 7.95. The Balaban J connectivity index is 1.84. The first-order valence-electron chi connectivity index (χ1n) is 10.8. The number of carbonyl (C=O) groups is 1. The molecule has 164 valence electrons. The lowest BCUT2D eigenvalue weighted by Crippen LogP contribution is -2.12. The second-order valence-corrected chi connectivity index (χ2v) is 9.95. The molecule has 3 aromatic rings. The van der Waals surface area contributed by atoms with Crippen molar-refractivity contribution in [3.8, 4) is 11.1 Å². The number of carbonyl (C=O) groups excluding carboxylic acids is 1. The summed E-state index contributed by atoms with van der Waals surface area (Å²) < 4.78 is 8.57. The fraction of sp³-hybridized carbons (Fsp3) is 0.308. The van der Waals surface area contributed by atoms with Gasteiger partial charge in [-0.3, -0.25) is 0 Å². The predicted octanol–water partition coefficient (Wildman–Crippen LogP) is 7.04. The van der Waals surface area contributed by atoms with Crippen LogP contribution in [0.25, 0.3) is 16.7 Å². The summed E-state index contributed by atoms with van der Waals surface area (Å²) in [5, 5.41) is 10.7. The zero-order chi connectivity index (χ0) is 22.8. The Bertz CT molecular complexity index is 1240. The van der Waals surface area contributed by atoms with Crippen molar-refractivity contribution in [3.63, 3.8) is 0 Å². The molecule has 0 N–H and O–H groups in total. The fourth-order valence-electron chi connectivity index (χ4n) is 4.33. The molecule has 0 atom stereocenters. The molecule has 0 bridgehead atoms. The van der Waals surface area contributed by atoms with Crippen LogP contribution in [-0.4, -0.2) is 17.1 Å². The number of fused-ring (bicyclic) bond motifs is 1. The van der Waals surface area contributed by atoms with Crippen LogP contribution in [0.5, 0.6) is 0 Å². The highest BCUT2D eigenvalue weighted by Gasteiger charge is 2.28. The van der Waals surface area contributed by atoms with Crippen molar-refractivity contribution in [2.75, 3.05) is 6.61 Å². The molecule has 0 radical (unpaired) electrons. The lowest BCUT2D eigenvalue weighted by atomic mass is 9.95. The minimum Gasteiger partial charge on any atom is -0.462 e. The normalized spacial score (nSPS) is 13.5. The van der Waals surface area contributed by atoms with Gasteiger partial charge in [-0.2, -0.15) is 5.26 Å². The van der Waals surface area contributed by atoms with E-state index in [1.54, 1.807) is 11.3 Å². The van der Waals surface area contributed by atoms with Crippen molar-refractivity contribution in [1.29, 1.82) is 5.26 Å². The number of halogens is 1. The Kier molecular flexibility index (Phi) is 6.68. The number of hydrogen-bond donors (Lipinski definition) is 0. The number of benzene rings is 1. The van der Waals surface area contributed by atoms with Crippen LogP contribution in [-0.2, 0) is 17.6 Å². The molecule has 32 heavy (non-hydrogen) atoms. The van der Waals surface area contributed by atoms with Gasteiger partial charge in [-0.15, -0.1) is 11.3 Å². The van der Waals surface area contributed by atoms with Crippen LogP contribution in [0.1, 0.15) is 63.1 Å². The highest BCUT2D eigenvalue weighted by Crippen LogP contribution is 2.39. The maximum absolute atomic E-state index is 13.0. The van der Waals surface area contributed by atoms with Gasteiger partial charge in [0, 0.05) is 20.7 Å². The summed E-state index contributed by atoms with van der Waals surface area (Å²) in [7, 11) is 0. The molecule has 2 aromatic heterocycles. The lowest BCUT2D eigenvalue weighted by Gasteiger charge is -2.13. The van der Waals surface area contributed by atoms with Crippen molar-refractivity contribution < 1.29 is 9.53 Å². The number of allylic oxidation sites excluding steroid dienone is 1. The molecule has 0 aliphatic heterocycles. The van der Waals surface area contributed by atoms with Gasteiger partial charge < -0.3 is 9.30 Å². The van der Waals surface area contributed by atoms with Crippen LogP contribution in [0.15, 0.2) is 34.8 Å². The van der Waals surface area contributed by atoms with Gasteiger partial charge in [-0.25, -0.2) is 4.79 Å². The summed E-state index contributed by atoms with van der Waals surface area (Å²) in [6, 6.07) is 12.2. The van der Waals surface area contributed by atoms with Gasteiger partial charge in [0.2, 0.25) is 0 Å². The number of aryl methyl sites for hydroxylation is 2. The number of hydrogen-bond acceptors (Lipinski definition) is 4. The zero-order valence-electron chi connectivity index (χ0n) is 18.5. The molecule has 1 aliphatic carbocycles. The highest BCUT2D eigenvalue weighted by atomic mass is 79.9. The van der Waals surface area contributed by atoms with Gasteiger partial charge in [0.05, 0.1) is 23.8 Å². The Morgan fingerprint density at radius 1 is 1.25 bits per heavy atom. The summed E-state index contributed by atoms with van der Waals surface area (Å²) in [6.45, 7) is 6.29. The Morgan fingerprint density at radius 2 is 1.97 bits per heavy atom. The number of aromatic nitrogens is 1. The van der Waals surface area contributed by atoms with Gasteiger partial charge in [0.25, 0.3) is 0 Å². The Morgan fingerprint density at radius 3 is 2.66 bits per heavy atom. The molecule has 4 nitrogen and oxygen atoms in total. The van der Waals surface area contributed by atoms with E-state index < -0.39 is 0 Å². The van der Waals surface area contributed by atoms with Crippen molar-refractivity contribution in [2.24, 2.45) is 0 Å². The minimum absolute atomic E-state index is 0.237. The van der Waals surface area contributed by atoms with Crippen LogP contribution in [0, 0.1) is 25.2 Å². The lowest BCUT2D eigenvalue weighted by molar-refractivity contribution is 0.0525. The Hall–Kier alpha value is -2.62. The first kappa shape index (κ1) is 22.6. The monoisotopic (exact) mass is 508 g/mol. The van der Waals surface area contributed by atoms with Crippen LogP contribution in [0.2, 0.25) is 0 Å². The predicted molar refractivity (Wildman–Crippen MR) is 133 cm³/mol. The Labute approximate surface area is 201 Å². The second kappa shape index (κ2) is 9.48.